The highest BCUT2D eigenvalue weighted by molar-refractivity contribution is 7.96. The van der Waals surface area contributed by atoms with Crippen LogP contribution in [0.5, 0.6) is 0 Å². The molecule has 1 nitrogen and oxygen atoms in total. The Morgan fingerprint density at radius 1 is 1.44 bits per heavy atom. The van der Waals surface area contributed by atoms with Gasteiger partial charge in [0.25, 0.3) is 0 Å². The van der Waals surface area contributed by atoms with E-state index in [1.807, 2.05) is 11.9 Å². The first-order valence-electron chi connectivity index (χ1n) is 3.28. The standard InChI is InChI=1S/C7H13NS/c1-7-3-5-8(9-2)6-4-7/h1,3-6H2,2H3. The fourth-order valence-corrected chi connectivity index (χ4v) is 1.53. The monoisotopic (exact) mass is 143 g/mol. The maximum atomic E-state index is 3.95. The largest absolute Gasteiger partial charge is 0.250 e. The van der Waals surface area contributed by atoms with Gasteiger partial charge in [-0.3, -0.25) is 4.31 Å². The van der Waals surface area contributed by atoms with Crippen LogP contribution in [0.2, 0.25) is 0 Å². The van der Waals surface area contributed by atoms with E-state index in [9.17, 15) is 0 Å². The molecule has 0 bridgehead atoms. The molecule has 1 heterocycles. The Hall–Kier alpha value is 0.0500. The van der Waals surface area contributed by atoms with Crippen molar-refractivity contribution >= 4 is 11.9 Å². The van der Waals surface area contributed by atoms with Crippen LogP contribution in [-0.2, 0) is 0 Å². The van der Waals surface area contributed by atoms with Gasteiger partial charge in [0, 0.05) is 13.1 Å². The lowest BCUT2D eigenvalue weighted by molar-refractivity contribution is 0.436. The molecule has 0 aromatic heterocycles. The van der Waals surface area contributed by atoms with Crippen LogP contribution in [0.25, 0.3) is 0 Å². The predicted molar refractivity (Wildman–Crippen MR) is 43.5 cm³/mol. The molecule has 0 saturated carbocycles. The van der Waals surface area contributed by atoms with Gasteiger partial charge >= 0.3 is 0 Å². The molecule has 0 radical (unpaired) electrons. The van der Waals surface area contributed by atoms with E-state index < -0.39 is 0 Å². The van der Waals surface area contributed by atoms with Gasteiger partial charge in [-0.25, -0.2) is 0 Å². The van der Waals surface area contributed by atoms with E-state index in [1.54, 1.807) is 0 Å². The van der Waals surface area contributed by atoms with Crippen LogP contribution < -0.4 is 0 Å². The summed E-state index contributed by atoms with van der Waals surface area (Å²) in [6.07, 6.45) is 4.52. The highest BCUT2D eigenvalue weighted by atomic mass is 32.2. The molecular formula is C7H13NS. The number of piperidine rings is 1. The van der Waals surface area contributed by atoms with Gasteiger partial charge in [-0.2, -0.15) is 0 Å². The molecule has 0 aliphatic carbocycles. The molecule has 1 aliphatic heterocycles. The highest BCUT2D eigenvalue weighted by Crippen LogP contribution is 2.18. The molecule has 0 atom stereocenters. The van der Waals surface area contributed by atoms with E-state index in [-0.39, 0.29) is 0 Å². The first kappa shape index (κ1) is 7.16. The summed E-state index contributed by atoms with van der Waals surface area (Å²) in [5.41, 5.74) is 1.42. The summed E-state index contributed by atoms with van der Waals surface area (Å²) in [6, 6.07) is 0. The van der Waals surface area contributed by atoms with Gasteiger partial charge in [0.05, 0.1) is 0 Å². The van der Waals surface area contributed by atoms with Crippen LogP contribution in [0.4, 0.5) is 0 Å². The van der Waals surface area contributed by atoms with Crippen molar-refractivity contribution in [2.24, 2.45) is 0 Å². The molecular weight excluding hydrogens is 130 g/mol. The third kappa shape index (κ3) is 2.03. The quantitative estimate of drug-likeness (QED) is 0.407. The van der Waals surface area contributed by atoms with Crippen molar-refractivity contribution in [2.45, 2.75) is 12.8 Å². The second kappa shape index (κ2) is 3.28. The summed E-state index contributed by atoms with van der Waals surface area (Å²) in [5, 5.41) is 0. The smallest absolute Gasteiger partial charge is 0.0126 e. The Balaban J connectivity index is 2.26. The molecule has 0 amide bonds. The zero-order chi connectivity index (χ0) is 6.69. The van der Waals surface area contributed by atoms with E-state index in [4.69, 9.17) is 0 Å². The van der Waals surface area contributed by atoms with Crippen LogP contribution in [0.3, 0.4) is 0 Å². The fourth-order valence-electron chi connectivity index (χ4n) is 0.985. The minimum atomic E-state index is 1.19. The summed E-state index contributed by atoms with van der Waals surface area (Å²) >= 11 is 1.84. The molecule has 1 aliphatic rings. The fraction of sp³-hybridized carbons (Fsp3) is 0.714. The Labute approximate surface area is 61.3 Å². The van der Waals surface area contributed by atoms with Gasteiger partial charge < -0.3 is 0 Å². The minimum Gasteiger partial charge on any atom is -0.250 e. The summed E-state index contributed by atoms with van der Waals surface area (Å²) in [4.78, 5) is 0. The lowest BCUT2D eigenvalue weighted by atomic mass is 10.1. The molecule has 52 valence electrons. The minimum absolute atomic E-state index is 1.19. The molecule has 0 N–H and O–H groups in total. The van der Waals surface area contributed by atoms with Gasteiger partial charge in [0.2, 0.25) is 0 Å². The molecule has 2 heteroatoms. The first-order chi connectivity index (χ1) is 4.33. The summed E-state index contributed by atoms with van der Waals surface area (Å²) in [7, 11) is 0. The Kier molecular flexibility index (Phi) is 2.61. The SMILES string of the molecule is C=C1CCN(SC)CC1. The molecule has 0 aromatic carbocycles. The molecule has 0 spiro atoms. The van der Waals surface area contributed by atoms with Gasteiger partial charge in [-0.05, 0) is 19.1 Å². The molecule has 1 fully saturated rings. The van der Waals surface area contributed by atoms with E-state index >= 15 is 0 Å². The van der Waals surface area contributed by atoms with Gasteiger partial charge in [0.15, 0.2) is 0 Å². The number of hydrogen-bond acceptors (Lipinski definition) is 2. The average Bonchev–Trinajstić information content (AvgIpc) is 1.90. The van der Waals surface area contributed by atoms with Crippen LogP contribution in [0, 0.1) is 0 Å². The van der Waals surface area contributed by atoms with Crippen molar-refractivity contribution in [1.82, 2.24) is 4.31 Å². The van der Waals surface area contributed by atoms with Gasteiger partial charge in [-0.1, -0.05) is 24.1 Å². The van der Waals surface area contributed by atoms with Crippen LogP contribution >= 0.6 is 11.9 Å². The average molecular weight is 143 g/mol. The highest BCUT2D eigenvalue weighted by Gasteiger charge is 2.09. The molecule has 1 saturated heterocycles. The molecule has 0 aromatic rings. The van der Waals surface area contributed by atoms with Crippen molar-refractivity contribution in [3.05, 3.63) is 12.2 Å². The Morgan fingerprint density at radius 2 is 2.00 bits per heavy atom. The van der Waals surface area contributed by atoms with Crippen molar-refractivity contribution in [3.63, 3.8) is 0 Å². The summed E-state index contributed by atoms with van der Waals surface area (Å²) in [6.45, 7) is 6.34. The van der Waals surface area contributed by atoms with Crippen molar-refractivity contribution in [2.75, 3.05) is 19.3 Å². The predicted octanol–water partition coefficient (Wildman–Crippen LogP) is 1.92. The van der Waals surface area contributed by atoms with E-state index in [2.05, 4.69) is 17.1 Å². The van der Waals surface area contributed by atoms with Gasteiger partial charge in [-0.15, -0.1) is 0 Å². The first-order valence-corrected chi connectivity index (χ1v) is 4.47. The topological polar surface area (TPSA) is 3.24 Å². The lowest BCUT2D eigenvalue weighted by Crippen LogP contribution is -2.23. The van der Waals surface area contributed by atoms with E-state index in [1.165, 1.54) is 31.5 Å². The second-order valence-corrected chi connectivity index (χ2v) is 3.24. The van der Waals surface area contributed by atoms with Crippen molar-refractivity contribution < 1.29 is 0 Å². The van der Waals surface area contributed by atoms with Gasteiger partial charge in [0.1, 0.15) is 0 Å². The van der Waals surface area contributed by atoms with Crippen LogP contribution in [0.1, 0.15) is 12.8 Å². The number of rotatable bonds is 1. The third-order valence-electron chi connectivity index (χ3n) is 1.69. The Morgan fingerprint density at radius 3 is 2.44 bits per heavy atom. The normalized spacial score (nSPS) is 22.6. The van der Waals surface area contributed by atoms with E-state index in [0.29, 0.717) is 0 Å². The summed E-state index contributed by atoms with van der Waals surface area (Å²) in [5.74, 6) is 0. The number of hydrogen-bond donors (Lipinski definition) is 0. The molecule has 9 heavy (non-hydrogen) atoms. The number of nitrogens with zero attached hydrogens (tertiary/aromatic N) is 1. The Bertz CT molecular complexity index is 101. The maximum Gasteiger partial charge on any atom is 0.0126 e. The third-order valence-corrected chi connectivity index (χ3v) is 2.57. The van der Waals surface area contributed by atoms with Crippen molar-refractivity contribution in [1.29, 1.82) is 0 Å². The maximum absolute atomic E-state index is 3.95. The van der Waals surface area contributed by atoms with Crippen LogP contribution in [0.15, 0.2) is 12.2 Å². The zero-order valence-corrected chi connectivity index (χ0v) is 6.71. The van der Waals surface area contributed by atoms with Crippen LogP contribution in [-0.4, -0.2) is 23.7 Å². The molecule has 0 unspecified atom stereocenters. The van der Waals surface area contributed by atoms with Crippen molar-refractivity contribution in [3.8, 4) is 0 Å². The second-order valence-electron chi connectivity index (χ2n) is 2.36. The lowest BCUT2D eigenvalue weighted by Gasteiger charge is -2.24. The van der Waals surface area contributed by atoms with E-state index in [0.717, 1.165) is 0 Å². The molecule has 1 rings (SSSR count). The zero-order valence-electron chi connectivity index (χ0n) is 5.89. The summed E-state index contributed by atoms with van der Waals surface area (Å²) < 4.78 is 2.38.